The molecule has 1 N–H and O–H groups in total. The molecule has 162 valence electrons. The molecule has 0 spiro atoms. The zero-order chi connectivity index (χ0) is 21.9. The van der Waals surface area contributed by atoms with Crippen LogP contribution < -0.4 is 10.1 Å². The quantitative estimate of drug-likeness (QED) is 0.313. The number of allylic oxidation sites excluding steroid dienone is 2. The Kier molecular flexibility index (Phi) is 6.00. The van der Waals surface area contributed by atoms with Gasteiger partial charge in [-0.1, -0.05) is 61.0 Å². The summed E-state index contributed by atoms with van der Waals surface area (Å²) < 4.78 is 5.64. The van der Waals surface area contributed by atoms with Crippen molar-refractivity contribution in [3.63, 3.8) is 0 Å². The van der Waals surface area contributed by atoms with E-state index in [0.717, 1.165) is 29.8 Å². The van der Waals surface area contributed by atoms with E-state index >= 15 is 0 Å². The second-order valence-corrected chi connectivity index (χ2v) is 8.86. The lowest BCUT2D eigenvalue weighted by atomic mass is 9.77. The van der Waals surface area contributed by atoms with Crippen molar-refractivity contribution in [3.8, 4) is 5.75 Å². The molecule has 3 nitrogen and oxygen atoms in total. The van der Waals surface area contributed by atoms with E-state index < -0.39 is 0 Å². The molecule has 0 saturated carbocycles. The fourth-order valence-corrected chi connectivity index (χ4v) is 4.96. The SMILES string of the molecule is CCCOc1ccc(C=Nc2ccc([C@@H]3Nc4ccccc4[C@H]4C=CC[C@H]43)cc2)cc1Cl. The Morgan fingerprint density at radius 3 is 2.75 bits per heavy atom. The van der Waals surface area contributed by atoms with Crippen LogP contribution in [0.2, 0.25) is 5.02 Å². The second-order valence-electron chi connectivity index (χ2n) is 8.45. The molecule has 3 aromatic carbocycles. The van der Waals surface area contributed by atoms with E-state index in [0.29, 0.717) is 29.5 Å². The van der Waals surface area contributed by atoms with Crippen LogP contribution >= 0.6 is 11.6 Å². The van der Waals surface area contributed by atoms with Gasteiger partial charge in [-0.15, -0.1) is 0 Å². The van der Waals surface area contributed by atoms with Crippen molar-refractivity contribution >= 4 is 29.2 Å². The van der Waals surface area contributed by atoms with E-state index in [2.05, 4.69) is 77.9 Å². The molecule has 0 saturated heterocycles. The van der Waals surface area contributed by atoms with Gasteiger partial charge in [0, 0.05) is 17.8 Å². The molecule has 3 atom stereocenters. The van der Waals surface area contributed by atoms with Crippen molar-refractivity contribution in [2.45, 2.75) is 31.7 Å². The molecule has 1 aliphatic heterocycles. The molecular formula is C28H27ClN2O. The highest BCUT2D eigenvalue weighted by molar-refractivity contribution is 6.32. The van der Waals surface area contributed by atoms with Gasteiger partial charge in [0.05, 0.1) is 23.4 Å². The summed E-state index contributed by atoms with van der Waals surface area (Å²) in [5.41, 5.74) is 5.84. The molecule has 32 heavy (non-hydrogen) atoms. The van der Waals surface area contributed by atoms with E-state index in [-0.39, 0.29) is 0 Å². The summed E-state index contributed by atoms with van der Waals surface area (Å²) in [7, 11) is 0. The fourth-order valence-electron chi connectivity index (χ4n) is 4.72. The van der Waals surface area contributed by atoms with E-state index in [4.69, 9.17) is 16.3 Å². The number of fused-ring (bicyclic) bond motifs is 3. The van der Waals surface area contributed by atoms with Gasteiger partial charge in [0.2, 0.25) is 0 Å². The molecule has 1 heterocycles. The van der Waals surface area contributed by atoms with Crippen LogP contribution in [-0.4, -0.2) is 12.8 Å². The van der Waals surface area contributed by atoms with Gasteiger partial charge in [-0.2, -0.15) is 0 Å². The Balaban J connectivity index is 1.31. The number of benzene rings is 3. The van der Waals surface area contributed by atoms with Crippen LogP contribution in [-0.2, 0) is 0 Å². The third kappa shape index (κ3) is 4.18. The summed E-state index contributed by atoms with van der Waals surface area (Å²) in [4.78, 5) is 4.64. The molecule has 5 rings (SSSR count). The average molecular weight is 443 g/mol. The Bertz CT molecular complexity index is 1150. The first-order valence-electron chi connectivity index (χ1n) is 11.3. The number of ether oxygens (including phenoxy) is 1. The summed E-state index contributed by atoms with van der Waals surface area (Å²) in [6, 6.07) is 23.3. The first-order chi connectivity index (χ1) is 15.7. The maximum atomic E-state index is 6.34. The number of nitrogens with zero attached hydrogens (tertiary/aromatic N) is 1. The summed E-state index contributed by atoms with van der Waals surface area (Å²) >= 11 is 6.34. The molecule has 1 aliphatic carbocycles. The fraction of sp³-hybridized carbons (Fsp3) is 0.250. The molecule has 0 aromatic heterocycles. The molecule has 0 fully saturated rings. The van der Waals surface area contributed by atoms with Crippen molar-refractivity contribution in [2.75, 3.05) is 11.9 Å². The number of para-hydroxylation sites is 1. The lowest BCUT2D eigenvalue weighted by Gasteiger charge is -2.37. The van der Waals surface area contributed by atoms with Crippen molar-refractivity contribution in [3.05, 3.63) is 101 Å². The summed E-state index contributed by atoms with van der Waals surface area (Å²) in [5.74, 6) is 1.76. The average Bonchev–Trinajstić information content (AvgIpc) is 3.32. The summed E-state index contributed by atoms with van der Waals surface area (Å²) in [5, 5.41) is 4.40. The summed E-state index contributed by atoms with van der Waals surface area (Å²) in [6.45, 7) is 2.74. The Hall–Kier alpha value is -3.04. The Labute approximate surface area is 194 Å². The van der Waals surface area contributed by atoms with Gasteiger partial charge in [0.1, 0.15) is 5.75 Å². The van der Waals surface area contributed by atoms with E-state index in [1.54, 1.807) is 0 Å². The largest absolute Gasteiger partial charge is 0.492 e. The maximum Gasteiger partial charge on any atom is 0.137 e. The molecule has 0 bridgehead atoms. The number of hydrogen-bond acceptors (Lipinski definition) is 3. The highest BCUT2D eigenvalue weighted by Gasteiger charge is 2.37. The highest BCUT2D eigenvalue weighted by Crippen LogP contribution is 2.49. The maximum absolute atomic E-state index is 6.34. The number of aliphatic imine (C=N–C) groups is 1. The number of nitrogens with one attached hydrogen (secondary N) is 1. The van der Waals surface area contributed by atoms with Crippen LogP contribution in [0.5, 0.6) is 5.75 Å². The molecular weight excluding hydrogens is 416 g/mol. The van der Waals surface area contributed by atoms with E-state index in [1.165, 1.54) is 16.8 Å². The standard InChI is InChI=1S/C28H27ClN2O/c1-2-16-32-27-15-10-19(17-25(27)29)18-30-21-13-11-20(12-14-21)28-24-8-5-7-22(24)23-6-3-4-9-26(23)31-28/h3-7,9-15,17-18,22,24,28,31H,2,8,16H2,1H3/t22-,24-,28+/m1/s1. The van der Waals surface area contributed by atoms with Gasteiger partial charge in [-0.25, -0.2) is 0 Å². The van der Waals surface area contributed by atoms with Gasteiger partial charge < -0.3 is 10.1 Å². The molecule has 0 unspecified atom stereocenters. The molecule has 0 radical (unpaired) electrons. The summed E-state index contributed by atoms with van der Waals surface area (Å²) in [6.07, 6.45) is 8.61. The van der Waals surface area contributed by atoms with Crippen LogP contribution in [0.4, 0.5) is 11.4 Å². The van der Waals surface area contributed by atoms with Crippen LogP contribution in [0.1, 0.15) is 48.4 Å². The van der Waals surface area contributed by atoms with Crippen LogP contribution in [0.15, 0.2) is 83.9 Å². The minimum absolute atomic E-state index is 0.303. The molecule has 0 amide bonds. The number of hydrogen-bond donors (Lipinski definition) is 1. The van der Waals surface area contributed by atoms with Crippen molar-refractivity contribution in [1.82, 2.24) is 0 Å². The molecule has 4 heteroatoms. The van der Waals surface area contributed by atoms with Crippen LogP contribution in [0.25, 0.3) is 0 Å². The zero-order valence-corrected chi connectivity index (χ0v) is 18.9. The predicted molar refractivity (Wildman–Crippen MR) is 134 cm³/mol. The van der Waals surface area contributed by atoms with Gasteiger partial charge >= 0.3 is 0 Å². The molecule has 3 aromatic rings. The predicted octanol–water partition coefficient (Wildman–Crippen LogP) is 7.71. The minimum Gasteiger partial charge on any atom is -0.492 e. The number of anilines is 1. The second kappa shape index (κ2) is 9.22. The van der Waals surface area contributed by atoms with Crippen molar-refractivity contribution in [1.29, 1.82) is 0 Å². The first kappa shape index (κ1) is 20.8. The third-order valence-electron chi connectivity index (χ3n) is 6.30. The number of halogens is 1. The monoisotopic (exact) mass is 442 g/mol. The van der Waals surface area contributed by atoms with Crippen molar-refractivity contribution < 1.29 is 4.74 Å². The van der Waals surface area contributed by atoms with E-state index in [1.807, 2.05) is 24.4 Å². The Morgan fingerprint density at radius 2 is 1.94 bits per heavy atom. The topological polar surface area (TPSA) is 33.6 Å². The van der Waals surface area contributed by atoms with Gasteiger partial charge in [0.25, 0.3) is 0 Å². The lowest BCUT2D eigenvalue weighted by molar-refractivity contribution is 0.317. The van der Waals surface area contributed by atoms with Gasteiger partial charge in [0.15, 0.2) is 0 Å². The van der Waals surface area contributed by atoms with Gasteiger partial charge in [-0.3, -0.25) is 4.99 Å². The van der Waals surface area contributed by atoms with Crippen LogP contribution in [0.3, 0.4) is 0 Å². The Morgan fingerprint density at radius 1 is 1.09 bits per heavy atom. The lowest BCUT2D eigenvalue weighted by Crippen LogP contribution is -2.28. The smallest absolute Gasteiger partial charge is 0.137 e. The highest BCUT2D eigenvalue weighted by atomic mass is 35.5. The normalized spacial score (nSPS) is 21.2. The third-order valence-corrected chi connectivity index (χ3v) is 6.60. The van der Waals surface area contributed by atoms with Crippen LogP contribution in [0, 0.1) is 5.92 Å². The zero-order valence-electron chi connectivity index (χ0n) is 18.2. The van der Waals surface area contributed by atoms with E-state index in [9.17, 15) is 0 Å². The first-order valence-corrected chi connectivity index (χ1v) is 11.7. The minimum atomic E-state index is 0.303. The van der Waals surface area contributed by atoms with Gasteiger partial charge in [-0.05, 0) is 71.8 Å². The van der Waals surface area contributed by atoms with Crippen molar-refractivity contribution in [2.24, 2.45) is 10.9 Å². The molecule has 2 aliphatic rings. The number of rotatable bonds is 6.